The summed E-state index contributed by atoms with van der Waals surface area (Å²) in [5.74, 6) is -1.24. The van der Waals surface area contributed by atoms with E-state index in [9.17, 15) is 27.6 Å². The number of hydrogen-bond donors (Lipinski definition) is 1. The van der Waals surface area contributed by atoms with Gasteiger partial charge in [-0.1, -0.05) is 43.5 Å². The Morgan fingerprint density at radius 1 is 1.05 bits per heavy atom. The normalized spacial score (nSPS) is 22.6. The first kappa shape index (κ1) is 27.3. The molecule has 3 aliphatic rings. The van der Waals surface area contributed by atoms with Crippen molar-refractivity contribution >= 4 is 43.7 Å². The number of carbonyl (C=O) groups is 4. The third-order valence-corrected chi connectivity index (χ3v) is 10.3. The van der Waals surface area contributed by atoms with E-state index in [4.69, 9.17) is 4.42 Å². The zero-order valence-corrected chi connectivity index (χ0v) is 23.4. The van der Waals surface area contributed by atoms with Crippen molar-refractivity contribution in [1.29, 1.82) is 0 Å². The van der Waals surface area contributed by atoms with Gasteiger partial charge in [-0.15, -0.1) is 0 Å². The van der Waals surface area contributed by atoms with E-state index in [1.807, 2.05) is 18.2 Å². The first-order valence-corrected chi connectivity index (χ1v) is 15.2. The van der Waals surface area contributed by atoms with Crippen LogP contribution in [0, 0.1) is 6.92 Å². The summed E-state index contributed by atoms with van der Waals surface area (Å²) in [5, 5.41) is 2.59. The molecule has 4 heterocycles. The Hall–Kier alpha value is -3.90. The van der Waals surface area contributed by atoms with Crippen molar-refractivity contribution in [3.8, 4) is 0 Å². The number of pyridine rings is 1. The number of furan rings is 1. The topological polar surface area (TPSA) is 147 Å². The molecule has 2 unspecified atom stereocenters. The number of sulfonamides is 1. The Kier molecular flexibility index (Phi) is 6.77. The number of nitrogens with one attached hydrogen (secondary N) is 1. The predicted molar refractivity (Wildman–Crippen MR) is 147 cm³/mol. The Morgan fingerprint density at radius 3 is 2.49 bits per heavy atom. The Morgan fingerprint density at radius 2 is 1.78 bits per heavy atom. The van der Waals surface area contributed by atoms with Crippen LogP contribution in [0.25, 0.3) is 11.0 Å². The lowest BCUT2D eigenvalue weighted by atomic mass is 9.80. The van der Waals surface area contributed by atoms with Crippen LogP contribution in [0.2, 0.25) is 0 Å². The highest BCUT2D eigenvalue weighted by molar-refractivity contribution is 8.04. The number of para-hydroxylation sites is 1. The standard InChI is InChI=1S/C29H30N4O7S/c1-18-19-9-3-4-11-23(19)40-25(18)26(35)31-29(13-6-2-7-14-29)28(37)32-16-12-21-24(32)22(34)17-33(21)41(38,39)27(36)20-10-5-8-15-30-20/h3-5,8-11,15,21,24H,2,6-7,12-14,16-17H2,1H3,(H,31,35). The second-order valence-corrected chi connectivity index (χ2v) is 12.8. The molecule has 1 saturated carbocycles. The van der Waals surface area contributed by atoms with E-state index < -0.39 is 56.9 Å². The minimum absolute atomic E-state index is 0.130. The molecule has 1 aliphatic carbocycles. The summed E-state index contributed by atoms with van der Waals surface area (Å²) in [6.07, 6.45) is 4.62. The van der Waals surface area contributed by atoms with E-state index in [0.717, 1.165) is 16.1 Å². The number of Topliss-reactive ketones (excluding diaryl/α,β-unsaturated/α-hetero) is 1. The van der Waals surface area contributed by atoms with Crippen LogP contribution in [0.4, 0.5) is 0 Å². The fraction of sp³-hybridized carbons (Fsp3) is 0.414. The number of ketones is 1. The molecule has 12 heteroatoms. The zero-order valence-electron chi connectivity index (χ0n) is 22.5. The van der Waals surface area contributed by atoms with E-state index in [2.05, 4.69) is 10.3 Å². The average molecular weight is 579 g/mol. The highest BCUT2D eigenvalue weighted by atomic mass is 32.2. The summed E-state index contributed by atoms with van der Waals surface area (Å²) < 4.78 is 33.3. The number of carbonyl (C=O) groups excluding carboxylic acids is 4. The molecule has 2 atom stereocenters. The lowest BCUT2D eigenvalue weighted by molar-refractivity contribution is -0.143. The zero-order chi connectivity index (χ0) is 28.9. The highest BCUT2D eigenvalue weighted by Crippen LogP contribution is 2.38. The molecule has 0 spiro atoms. The molecule has 41 heavy (non-hydrogen) atoms. The molecule has 3 aromatic rings. The fourth-order valence-electron chi connectivity index (χ4n) is 6.53. The van der Waals surface area contributed by atoms with Gasteiger partial charge in [0, 0.05) is 23.7 Å². The van der Waals surface area contributed by atoms with Crippen LogP contribution in [0.1, 0.15) is 65.1 Å². The largest absolute Gasteiger partial charge is 0.451 e. The third-order valence-electron chi connectivity index (χ3n) is 8.57. The molecule has 11 nitrogen and oxygen atoms in total. The van der Waals surface area contributed by atoms with Crippen LogP contribution >= 0.6 is 0 Å². The molecule has 214 valence electrons. The minimum atomic E-state index is -4.55. The highest BCUT2D eigenvalue weighted by Gasteiger charge is 2.57. The molecule has 2 aromatic heterocycles. The molecular weight excluding hydrogens is 548 g/mol. The summed E-state index contributed by atoms with van der Waals surface area (Å²) in [7, 11) is -4.55. The molecule has 1 aromatic carbocycles. The number of rotatable bonds is 5. The van der Waals surface area contributed by atoms with Crippen molar-refractivity contribution in [2.45, 2.75) is 63.1 Å². The van der Waals surface area contributed by atoms with Crippen molar-refractivity contribution in [2.75, 3.05) is 13.1 Å². The van der Waals surface area contributed by atoms with E-state index >= 15 is 0 Å². The van der Waals surface area contributed by atoms with Gasteiger partial charge >= 0.3 is 5.12 Å². The van der Waals surface area contributed by atoms with Crippen molar-refractivity contribution < 1.29 is 32.0 Å². The first-order chi connectivity index (χ1) is 19.6. The number of aryl methyl sites for hydroxylation is 1. The smallest absolute Gasteiger partial charge is 0.310 e. The molecule has 6 rings (SSSR count). The van der Waals surface area contributed by atoms with Crippen LogP contribution in [0.15, 0.2) is 53.1 Å². The fourth-order valence-corrected chi connectivity index (χ4v) is 8.00. The maximum Gasteiger partial charge on any atom is 0.310 e. The monoisotopic (exact) mass is 578 g/mol. The molecule has 1 N–H and O–H groups in total. The van der Waals surface area contributed by atoms with Crippen LogP contribution < -0.4 is 5.32 Å². The van der Waals surface area contributed by atoms with Gasteiger partial charge in [0.05, 0.1) is 12.6 Å². The van der Waals surface area contributed by atoms with Gasteiger partial charge < -0.3 is 14.6 Å². The van der Waals surface area contributed by atoms with E-state index in [1.165, 1.54) is 23.2 Å². The van der Waals surface area contributed by atoms with Crippen molar-refractivity contribution in [3.05, 3.63) is 65.7 Å². The summed E-state index contributed by atoms with van der Waals surface area (Å²) in [4.78, 5) is 59.1. The summed E-state index contributed by atoms with van der Waals surface area (Å²) >= 11 is 0. The van der Waals surface area contributed by atoms with Crippen molar-refractivity contribution in [1.82, 2.24) is 19.5 Å². The van der Waals surface area contributed by atoms with E-state index in [0.29, 0.717) is 36.8 Å². The Bertz CT molecular complexity index is 1660. The van der Waals surface area contributed by atoms with E-state index in [1.54, 1.807) is 19.1 Å². The van der Waals surface area contributed by atoms with Gasteiger partial charge in [-0.3, -0.25) is 24.2 Å². The summed E-state index contributed by atoms with van der Waals surface area (Å²) in [6, 6.07) is 9.79. The quantitative estimate of drug-likeness (QED) is 0.486. The maximum absolute atomic E-state index is 14.2. The molecule has 2 saturated heterocycles. The van der Waals surface area contributed by atoms with Gasteiger partial charge in [-0.2, -0.15) is 4.31 Å². The van der Waals surface area contributed by atoms with Gasteiger partial charge in [0.25, 0.3) is 15.9 Å². The molecule has 2 amide bonds. The average Bonchev–Trinajstić information content (AvgIpc) is 3.67. The van der Waals surface area contributed by atoms with E-state index in [-0.39, 0.29) is 24.4 Å². The SMILES string of the molecule is Cc1c(C(=O)NC2(C(=O)N3CCC4C3C(=O)CN4S(=O)(=O)C(=O)c3ccccn3)CCCCC2)oc2ccccc12. The lowest BCUT2D eigenvalue weighted by Crippen LogP contribution is -2.62. The number of amides is 2. The third kappa shape index (κ3) is 4.45. The molecule has 2 aliphatic heterocycles. The lowest BCUT2D eigenvalue weighted by Gasteiger charge is -2.40. The van der Waals surface area contributed by atoms with Crippen LogP contribution in [0.3, 0.4) is 0 Å². The molecule has 0 bridgehead atoms. The Balaban J connectivity index is 1.27. The van der Waals surface area contributed by atoms with Gasteiger partial charge in [0.2, 0.25) is 5.91 Å². The second kappa shape index (κ2) is 10.2. The number of benzene rings is 1. The first-order valence-electron chi connectivity index (χ1n) is 13.8. The maximum atomic E-state index is 14.2. The van der Waals surface area contributed by atoms with Crippen LogP contribution in [0.5, 0.6) is 0 Å². The number of hydrogen-bond acceptors (Lipinski definition) is 8. The Labute approximate surface area is 236 Å². The molecular formula is C29H30N4O7S. The number of likely N-dealkylation sites (tertiary alicyclic amines) is 1. The summed E-state index contributed by atoms with van der Waals surface area (Å²) in [6.45, 7) is 1.42. The number of aromatic nitrogens is 1. The van der Waals surface area contributed by atoms with Crippen molar-refractivity contribution in [3.63, 3.8) is 0 Å². The van der Waals surface area contributed by atoms with Gasteiger partial charge in [0.15, 0.2) is 11.5 Å². The number of nitrogens with zero attached hydrogens (tertiary/aromatic N) is 3. The summed E-state index contributed by atoms with van der Waals surface area (Å²) in [5.41, 5.74) is -0.257. The van der Waals surface area contributed by atoms with Crippen molar-refractivity contribution in [2.24, 2.45) is 0 Å². The number of fused-ring (bicyclic) bond motifs is 2. The van der Waals surface area contributed by atoms with Crippen LogP contribution in [-0.4, -0.2) is 76.0 Å². The van der Waals surface area contributed by atoms with Gasteiger partial charge in [-0.05, 0) is 44.4 Å². The molecule has 3 fully saturated rings. The predicted octanol–water partition coefficient (Wildman–Crippen LogP) is 2.59. The minimum Gasteiger partial charge on any atom is -0.451 e. The second-order valence-electron chi connectivity index (χ2n) is 11.0. The van der Waals surface area contributed by atoms with Crippen LogP contribution in [-0.2, 0) is 19.6 Å². The van der Waals surface area contributed by atoms with Gasteiger partial charge in [0.1, 0.15) is 22.9 Å². The molecule has 0 radical (unpaired) electrons. The van der Waals surface area contributed by atoms with Gasteiger partial charge in [-0.25, -0.2) is 8.42 Å².